The molecule has 0 bridgehead atoms. The Morgan fingerprint density at radius 2 is 1.53 bits per heavy atom. The van der Waals surface area contributed by atoms with Crippen molar-refractivity contribution in [2.45, 2.75) is 47.5 Å². The minimum absolute atomic E-state index is 0.222. The molecule has 0 N–H and O–H groups in total. The normalized spacial score (nSPS) is 12.1. The molecule has 0 saturated carbocycles. The van der Waals surface area contributed by atoms with Gasteiger partial charge in [0.15, 0.2) is 0 Å². The predicted octanol–water partition coefficient (Wildman–Crippen LogP) is 2.56. The largest absolute Gasteiger partial charge is 0.469 e. The standard InChI is InChI=1S/C13H24O4/c1-7-12(2,3)11(15)17-9-8-13(4,5)10(14)16-6/h7-9H2,1-6H3. The van der Waals surface area contributed by atoms with E-state index in [1.165, 1.54) is 7.11 Å². The molecule has 0 aliphatic carbocycles. The summed E-state index contributed by atoms with van der Waals surface area (Å²) in [6.07, 6.45) is 1.19. The highest BCUT2D eigenvalue weighted by Gasteiger charge is 2.31. The Bertz CT molecular complexity index is 279. The highest BCUT2D eigenvalue weighted by molar-refractivity contribution is 5.76. The predicted molar refractivity (Wildman–Crippen MR) is 65.4 cm³/mol. The summed E-state index contributed by atoms with van der Waals surface area (Å²) in [5.74, 6) is -0.510. The lowest BCUT2D eigenvalue weighted by molar-refractivity contribution is -0.159. The molecule has 0 amide bonds. The second-order valence-electron chi connectivity index (χ2n) is 5.50. The summed E-state index contributed by atoms with van der Waals surface area (Å²) in [6, 6.07) is 0. The summed E-state index contributed by atoms with van der Waals surface area (Å²) in [5, 5.41) is 0. The van der Waals surface area contributed by atoms with Gasteiger partial charge >= 0.3 is 11.9 Å². The van der Waals surface area contributed by atoms with E-state index >= 15 is 0 Å². The van der Waals surface area contributed by atoms with Crippen molar-refractivity contribution in [3.05, 3.63) is 0 Å². The fourth-order valence-corrected chi connectivity index (χ4v) is 1.12. The van der Waals surface area contributed by atoms with E-state index in [4.69, 9.17) is 4.74 Å². The summed E-state index contributed by atoms with van der Waals surface area (Å²) < 4.78 is 9.86. The molecule has 4 nitrogen and oxygen atoms in total. The van der Waals surface area contributed by atoms with Gasteiger partial charge in [0.25, 0.3) is 0 Å². The first-order valence-electron chi connectivity index (χ1n) is 5.93. The minimum atomic E-state index is -0.620. The lowest BCUT2D eigenvalue weighted by Gasteiger charge is -2.24. The van der Waals surface area contributed by atoms with E-state index in [1.807, 2.05) is 20.8 Å². The number of hydrogen-bond acceptors (Lipinski definition) is 4. The van der Waals surface area contributed by atoms with Crippen LogP contribution in [0.1, 0.15) is 47.5 Å². The third kappa shape index (κ3) is 4.75. The Kier molecular flexibility index (Phi) is 5.66. The van der Waals surface area contributed by atoms with Crippen LogP contribution in [0.25, 0.3) is 0 Å². The highest BCUT2D eigenvalue weighted by atomic mass is 16.5. The van der Waals surface area contributed by atoms with Crippen molar-refractivity contribution in [2.24, 2.45) is 10.8 Å². The molecule has 0 aromatic heterocycles. The van der Waals surface area contributed by atoms with Crippen molar-refractivity contribution in [3.8, 4) is 0 Å². The van der Waals surface area contributed by atoms with E-state index in [2.05, 4.69) is 4.74 Å². The quantitative estimate of drug-likeness (QED) is 0.674. The minimum Gasteiger partial charge on any atom is -0.469 e. The maximum absolute atomic E-state index is 11.7. The van der Waals surface area contributed by atoms with Gasteiger partial charge in [-0.3, -0.25) is 9.59 Å². The Morgan fingerprint density at radius 3 is 1.94 bits per heavy atom. The summed E-state index contributed by atoms with van der Waals surface area (Å²) >= 11 is 0. The van der Waals surface area contributed by atoms with Gasteiger partial charge in [0, 0.05) is 0 Å². The molecule has 0 rings (SSSR count). The first-order chi connectivity index (χ1) is 7.67. The highest BCUT2D eigenvalue weighted by Crippen LogP contribution is 2.24. The van der Waals surface area contributed by atoms with Gasteiger partial charge in [-0.1, -0.05) is 6.92 Å². The lowest BCUT2D eigenvalue weighted by atomic mass is 9.89. The van der Waals surface area contributed by atoms with Crippen LogP contribution in [0.2, 0.25) is 0 Å². The van der Waals surface area contributed by atoms with Gasteiger partial charge in [-0.15, -0.1) is 0 Å². The van der Waals surface area contributed by atoms with Crippen molar-refractivity contribution in [3.63, 3.8) is 0 Å². The van der Waals surface area contributed by atoms with Crippen molar-refractivity contribution in [1.82, 2.24) is 0 Å². The second kappa shape index (κ2) is 6.03. The van der Waals surface area contributed by atoms with Crippen LogP contribution in [0, 0.1) is 10.8 Å². The fourth-order valence-electron chi connectivity index (χ4n) is 1.12. The number of hydrogen-bond donors (Lipinski definition) is 0. The van der Waals surface area contributed by atoms with Gasteiger partial charge in [0.05, 0.1) is 24.5 Å². The number of ether oxygens (including phenoxy) is 2. The van der Waals surface area contributed by atoms with Crippen LogP contribution < -0.4 is 0 Å². The molecule has 0 fully saturated rings. The van der Waals surface area contributed by atoms with Crippen LogP contribution >= 0.6 is 0 Å². The molecule has 0 aliphatic rings. The molecule has 0 radical (unpaired) electrons. The van der Waals surface area contributed by atoms with Gasteiger partial charge in [-0.25, -0.2) is 0 Å². The second-order valence-corrected chi connectivity index (χ2v) is 5.50. The Morgan fingerprint density at radius 1 is 1.00 bits per heavy atom. The van der Waals surface area contributed by atoms with Crippen LogP contribution in [0.4, 0.5) is 0 Å². The molecule has 17 heavy (non-hydrogen) atoms. The first kappa shape index (κ1) is 15.9. The van der Waals surface area contributed by atoms with Crippen LogP contribution in [0.15, 0.2) is 0 Å². The van der Waals surface area contributed by atoms with Gasteiger partial charge in [0.1, 0.15) is 0 Å². The molecule has 0 unspecified atom stereocenters. The van der Waals surface area contributed by atoms with Crippen molar-refractivity contribution in [2.75, 3.05) is 13.7 Å². The number of methoxy groups -OCH3 is 1. The zero-order chi connectivity index (χ0) is 13.7. The summed E-state index contributed by atoms with van der Waals surface area (Å²) in [6.45, 7) is 9.43. The monoisotopic (exact) mass is 244 g/mol. The van der Waals surface area contributed by atoms with Gasteiger partial charge in [-0.2, -0.15) is 0 Å². The molecular formula is C13H24O4. The molecule has 0 aromatic carbocycles. The van der Waals surface area contributed by atoms with Gasteiger partial charge in [0.2, 0.25) is 0 Å². The Balaban J connectivity index is 4.17. The number of rotatable bonds is 6. The zero-order valence-electron chi connectivity index (χ0n) is 11.8. The zero-order valence-corrected chi connectivity index (χ0v) is 11.8. The lowest BCUT2D eigenvalue weighted by Crippen LogP contribution is -2.30. The van der Waals surface area contributed by atoms with E-state index in [0.29, 0.717) is 6.42 Å². The van der Waals surface area contributed by atoms with Crippen LogP contribution in [0.5, 0.6) is 0 Å². The van der Waals surface area contributed by atoms with Gasteiger partial charge in [-0.05, 0) is 40.5 Å². The molecule has 0 spiro atoms. The molecule has 0 heterocycles. The molecular weight excluding hydrogens is 220 g/mol. The van der Waals surface area contributed by atoms with Crippen molar-refractivity contribution >= 4 is 11.9 Å². The Labute approximate surface area is 104 Å². The van der Waals surface area contributed by atoms with Gasteiger partial charge < -0.3 is 9.47 Å². The number of esters is 2. The Hall–Kier alpha value is -1.06. The third-order valence-electron chi connectivity index (χ3n) is 3.13. The fraction of sp³-hybridized carbons (Fsp3) is 0.846. The smallest absolute Gasteiger partial charge is 0.311 e. The molecule has 0 aliphatic heterocycles. The molecule has 4 heteroatoms. The summed E-state index contributed by atoms with van der Waals surface area (Å²) in [5.41, 5.74) is -1.08. The molecule has 0 saturated heterocycles. The topological polar surface area (TPSA) is 52.6 Å². The molecule has 100 valence electrons. The third-order valence-corrected chi connectivity index (χ3v) is 3.13. The number of carbonyl (C=O) groups is 2. The first-order valence-corrected chi connectivity index (χ1v) is 5.93. The van der Waals surface area contributed by atoms with Crippen molar-refractivity contribution in [1.29, 1.82) is 0 Å². The van der Waals surface area contributed by atoms with E-state index in [9.17, 15) is 9.59 Å². The maximum atomic E-state index is 11.7. The summed E-state index contributed by atoms with van der Waals surface area (Å²) in [7, 11) is 1.36. The number of carbonyl (C=O) groups excluding carboxylic acids is 2. The van der Waals surface area contributed by atoms with Crippen molar-refractivity contribution < 1.29 is 19.1 Å². The average Bonchev–Trinajstić information content (AvgIpc) is 2.27. The maximum Gasteiger partial charge on any atom is 0.311 e. The SMILES string of the molecule is CCC(C)(C)C(=O)OCCC(C)(C)C(=O)OC. The van der Waals surface area contributed by atoms with Crippen LogP contribution in [-0.4, -0.2) is 25.7 Å². The van der Waals surface area contributed by atoms with Crippen LogP contribution in [0.3, 0.4) is 0 Å². The molecule has 0 aromatic rings. The van der Waals surface area contributed by atoms with E-state index < -0.39 is 10.8 Å². The van der Waals surface area contributed by atoms with E-state index in [1.54, 1.807) is 13.8 Å². The van der Waals surface area contributed by atoms with E-state index in [-0.39, 0.29) is 18.5 Å². The average molecular weight is 244 g/mol. The molecule has 0 atom stereocenters. The van der Waals surface area contributed by atoms with Crippen LogP contribution in [-0.2, 0) is 19.1 Å². The summed E-state index contributed by atoms with van der Waals surface area (Å²) in [4.78, 5) is 23.1. The van der Waals surface area contributed by atoms with E-state index in [0.717, 1.165) is 6.42 Å².